The van der Waals surface area contributed by atoms with E-state index in [-0.39, 0.29) is 5.60 Å². The predicted molar refractivity (Wildman–Crippen MR) is 87.0 cm³/mol. The summed E-state index contributed by atoms with van der Waals surface area (Å²) >= 11 is 3.39. The molecule has 0 unspecified atom stereocenters. The molecule has 0 radical (unpaired) electrons. The first-order valence-corrected chi connectivity index (χ1v) is 7.87. The van der Waals surface area contributed by atoms with E-state index in [0.29, 0.717) is 6.47 Å². The fourth-order valence-corrected chi connectivity index (χ4v) is 2.30. The number of carbonyl (C=O) groups excluding carboxylic acids is 1. The standard InChI is InChI=1S/C11H14BrNO.C5H10O2/c12-10-3-1-9(2-4-10)11(14)5-7-13-8-6-11;1-5(2,3)7-4-6/h1-4,13-14H,5-8H2;4H,1-3H3. The lowest BCUT2D eigenvalue weighted by molar-refractivity contribution is -0.138. The highest BCUT2D eigenvalue weighted by molar-refractivity contribution is 9.10. The molecule has 0 aromatic heterocycles. The normalized spacial score (nSPS) is 17.4. The number of piperidine rings is 1. The molecule has 1 aliphatic rings. The molecule has 0 amide bonds. The summed E-state index contributed by atoms with van der Waals surface area (Å²) in [6, 6.07) is 7.95. The lowest BCUT2D eigenvalue weighted by Crippen LogP contribution is -2.39. The third kappa shape index (κ3) is 6.59. The van der Waals surface area contributed by atoms with Gasteiger partial charge in [-0.1, -0.05) is 28.1 Å². The van der Waals surface area contributed by atoms with Crippen molar-refractivity contribution >= 4 is 22.4 Å². The molecule has 1 aromatic rings. The second kappa shape index (κ2) is 7.92. The Morgan fingerprint density at radius 2 is 1.76 bits per heavy atom. The zero-order chi connectivity index (χ0) is 15.9. The van der Waals surface area contributed by atoms with E-state index in [0.717, 1.165) is 36.0 Å². The van der Waals surface area contributed by atoms with Crippen LogP contribution in [0.25, 0.3) is 0 Å². The summed E-state index contributed by atoms with van der Waals surface area (Å²) in [6.07, 6.45) is 1.60. The number of hydrogen-bond donors (Lipinski definition) is 2. The van der Waals surface area contributed by atoms with Crippen LogP contribution in [0.2, 0.25) is 0 Å². The van der Waals surface area contributed by atoms with Crippen molar-refractivity contribution in [1.82, 2.24) is 5.32 Å². The molecule has 1 heterocycles. The summed E-state index contributed by atoms with van der Waals surface area (Å²) in [5.41, 5.74) is 0.0930. The molecule has 4 nitrogen and oxygen atoms in total. The van der Waals surface area contributed by atoms with Gasteiger partial charge in [-0.25, -0.2) is 0 Å². The molecule has 1 aromatic carbocycles. The van der Waals surface area contributed by atoms with Crippen LogP contribution in [0, 0.1) is 0 Å². The molecule has 21 heavy (non-hydrogen) atoms. The van der Waals surface area contributed by atoms with Crippen LogP contribution >= 0.6 is 15.9 Å². The summed E-state index contributed by atoms with van der Waals surface area (Å²) in [4.78, 5) is 9.60. The molecule has 1 saturated heterocycles. The fraction of sp³-hybridized carbons (Fsp3) is 0.562. The number of halogens is 1. The van der Waals surface area contributed by atoms with Gasteiger partial charge in [0.15, 0.2) is 0 Å². The Morgan fingerprint density at radius 3 is 2.14 bits per heavy atom. The number of rotatable bonds is 2. The van der Waals surface area contributed by atoms with Gasteiger partial charge in [0.25, 0.3) is 6.47 Å². The predicted octanol–water partition coefficient (Wildman–Crippen LogP) is 2.98. The first kappa shape index (κ1) is 18.1. The molecule has 118 valence electrons. The summed E-state index contributed by atoms with van der Waals surface area (Å²) < 4.78 is 5.60. The van der Waals surface area contributed by atoms with Crippen LogP contribution in [0.3, 0.4) is 0 Å². The monoisotopic (exact) mass is 357 g/mol. The minimum absolute atomic E-state index is 0.318. The van der Waals surface area contributed by atoms with E-state index in [1.807, 2.05) is 45.0 Å². The second-order valence-electron chi connectivity index (χ2n) is 6.11. The Hall–Kier alpha value is -0.910. The van der Waals surface area contributed by atoms with Crippen LogP contribution in [0.5, 0.6) is 0 Å². The molecule has 2 N–H and O–H groups in total. The highest BCUT2D eigenvalue weighted by Gasteiger charge is 2.30. The molecule has 0 spiro atoms. The van der Waals surface area contributed by atoms with Crippen molar-refractivity contribution in [3.63, 3.8) is 0 Å². The van der Waals surface area contributed by atoms with E-state index >= 15 is 0 Å². The maximum Gasteiger partial charge on any atom is 0.293 e. The van der Waals surface area contributed by atoms with Gasteiger partial charge in [-0.15, -0.1) is 0 Å². The number of hydrogen-bond acceptors (Lipinski definition) is 4. The van der Waals surface area contributed by atoms with Crippen LogP contribution in [-0.4, -0.2) is 30.3 Å². The molecule has 1 aliphatic heterocycles. The van der Waals surface area contributed by atoms with E-state index < -0.39 is 5.60 Å². The Kier molecular flexibility index (Phi) is 6.84. The highest BCUT2D eigenvalue weighted by Crippen LogP contribution is 2.30. The third-order valence-corrected chi connectivity index (χ3v) is 3.74. The van der Waals surface area contributed by atoms with E-state index in [4.69, 9.17) is 0 Å². The third-order valence-electron chi connectivity index (χ3n) is 3.21. The molecule has 0 bridgehead atoms. The molecular formula is C16H24BrNO3. The molecule has 5 heteroatoms. The van der Waals surface area contributed by atoms with Crippen molar-refractivity contribution in [2.45, 2.75) is 44.8 Å². The first-order valence-electron chi connectivity index (χ1n) is 7.07. The van der Waals surface area contributed by atoms with Crippen molar-refractivity contribution < 1.29 is 14.6 Å². The average Bonchev–Trinajstić information content (AvgIpc) is 2.39. The zero-order valence-corrected chi connectivity index (χ0v) is 14.4. The maximum absolute atomic E-state index is 10.4. The Balaban J connectivity index is 0.000000270. The number of carbonyl (C=O) groups is 1. The lowest BCUT2D eigenvalue weighted by atomic mass is 9.85. The van der Waals surface area contributed by atoms with Gasteiger partial charge < -0.3 is 15.2 Å². The smallest absolute Gasteiger partial charge is 0.293 e. The first-order chi connectivity index (χ1) is 9.77. The van der Waals surface area contributed by atoms with Crippen molar-refractivity contribution in [2.75, 3.05) is 13.1 Å². The minimum Gasteiger partial charge on any atom is -0.462 e. The number of benzene rings is 1. The summed E-state index contributed by atoms with van der Waals surface area (Å²) in [7, 11) is 0. The van der Waals surface area contributed by atoms with E-state index in [1.165, 1.54) is 0 Å². The van der Waals surface area contributed by atoms with Crippen LogP contribution in [-0.2, 0) is 15.1 Å². The Morgan fingerprint density at radius 1 is 1.24 bits per heavy atom. The van der Waals surface area contributed by atoms with Gasteiger partial charge >= 0.3 is 0 Å². The van der Waals surface area contributed by atoms with Crippen LogP contribution in [0.15, 0.2) is 28.7 Å². The quantitative estimate of drug-likeness (QED) is 0.798. The van der Waals surface area contributed by atoms with Crippen molar-refractivity contribution in [1.29, 1.82) is 0 Å². The van der Waals surface area contributed by atoms with Crippen molar-refractivity contribution in [3.05, 3.63) is 34.3 Å². The van der Waals surface area contributed by atoms with Gasteiger partial charge in [0.1, 0.15) is 5.60 Å². The highest BCUT2D eigenvalue weighted by atomic mass is 79.9. The number of ether oxygens (including phenoxy) is 1. The van der Waals surface area contributed by atoms with Crippen LogP contribution in [0.1, 0.15) is 39.2 Å². The maximum atomic E-state index is 10.4. The van der Waals surface area contributed by atoms with E-state index in [9.17, 15) is 9.90 Å². The number of nitrogens with one attached hydrogen (secondary N) is 1. The van der Waals surface area contributed by atoms with Crippen LogP contribution in [0.4, 0.5) is 0 Å². The Bertz CT molecular complexity index is 434. The second-order valence-corrected chi connectivity index (χ2v) is 7.03. The Labute approximate surface area is 135 Å². The van der Waals surface area contributed by atoms with Gasteiger partial charge in [0.05, 0.1) is 5.60 Å². The van der Waals surface area contributed by atoms with Crippen molar-refractivity contribution in [3.8, 4) is 0 Å². The van der Waals surface area contributed by atoms with Gasteiger partial charge in [0, 0.05) is 4.47 Å². The SMILES string of the molecule is CC(C)(C)OC=O.OC1(c2ccc(Br)cc2)CCNCC1. The fourth-order valence-electron chi connectivity index (χ4n) is 2.03. The average molecular weight is 358 g/mol. The van der Waals surface area contributed by atoms with Crippen molar-refractivity contribution in [2.24, 2.45) is 0 Å². The topological polar surface area (TPSA) is 58.6 Å². The largest absolute Gasteiger partial charge is 0.462 e. The van der Waals surface area contributed by atoms with E-state index in [2.05, 4.69) is 26.0 Å². The summed E-state index contributed by atoms with van der Waals surface area (Å²) in [5.74, 6) is 0. The lowest BCUT2D eigenvalue weighted by Gasteiger charge is -2.33. The van der Waals surface area contributed by atoms with E-state index in [1.54, 1.807) is 0 Å². The van der Waals surface area contributed by atoms with Crippen LogP contribution < -0.4 is 5.32 Å². The van der Waals surface area contributed by atoms with Gasteiger partial charge in [-0.3, -0.25) is 4.79 Å². The molecular weight excluding hydrogens is 334 g/mol. The molecule has 0 atom stereocenters. The zero-order valence-electron chi connectivity index (χ0n) is 12.9. The summed E-state index contributed by atoms with van der Waals surface area (Å²) in [6.45, 7) is 7.71. The molecule has 0 saturated carbocycles. The molecule has 2 rings (SSSR count). The summed E-state index contributed by atoms with van der Waals surface area (Å²) in [5, 5.41) is 13.6. The van der Waals surface area contributed by atoms with Gasteiger partial charge in [-0.2, -0.15) is 0 Å². The molecule has 1 fully saturated rings. The van der Waals surface area contributed by atoms with Gasteiger partial charge in [0.2, 0.25) is 0 Å². The number of aliphatic hydroxyl groups is 1. The minimum atomic E-state index is -0.619. The molecule has 0 aliphatic carbocycles. The van der Waals surface area contributed by atoms with Gasteiger partial charge in [-0.05, 0) is 64.4 Å².